The zero-order valence-corrected chi connectivity index (χ0v) is 12.3. The molecule has 0 spiro atoms. The van der Waals surface area contributed by atoms with E-state index < -0.39 is 0 Å². The van der Waals surface area contributed by atoms with Crippen LogP contribution in [0.1, 0.15) is 25.0 Å². The van der Waals surface area contributed by atoms with Crippen molar-refractivity contribution in [3.63, 3.8) is 0 Å². The number of likely N-dealkylation sites (N-methyl/N-ethyl adjacent to an activating group) is 2. The molecule has 0 radical (unpaired) electrons. The van der Waals surface area contributed by atoms with Crippen LogP contribution in [0.5, 0.6) is 0 Å². The zero-order chi connectivity index (χ0) is 14.3. The molecular formula is C14H24N4O. The van der Waals surface area contributed by atoms with Gasteiger partial charge in [-0.05, 0) is 37.6 Å². The molecule has 0 aliphatic heterocycles. The minimum Gasteiger partial charge on any atom is -0.358 e. The number of nitrogens with one attached hydrogen (secondary N) is 2. The largest absolute Gasteiger partial charge is 0.358 e. The van der Waals surface area contributed by atoms with Gasteiger partial charge in [-0.15, -0.1) is 0 Å². The topological polar surface area (TPSA) is 57.3 Å². The van der Waals surface area contributed by atoms with Gasteiger partial charge in [-0.25, -0.2) is 4.98 Å². The summed E-state index contributed by atoms with van der Waals surface area (Å²) >= 11 is 0. The summed E-state index contributed by atoms with van der Waals surface area (Å²) in [7, 11) is 1.65. The Morgan fingerprint density at radius 3 is 2.68 bits per heavy atom. The lowest BCUT2D eigenvalue weighted by Crippen LogP contribution is -2.36. The van der Waals surface area contributed by atoms with Crippen molar-refractivity contribution in [1.82, 2.24) is 15.6 Å². The molecule has 19 heavy (non-hydrogen) atoms. The summed E-state index contributed by atoms with van der Waals surface area (Å²) in [6.45, 7) is 9.00. The molecule has 1 heterocycles. The van der Waals surface area contributed by atoms with Gasteiger partial charge in [0.05, 0.1) is 6.54 Å². The molecule has 1 aromatic heterocycles. The van der Waals surface area contributed by atoms with Gasteiger partial charge < -0.3 is 15.5 Å². The van der Waals surface area contributed by atoms with Crippen molar-refractivity contribution in [1.29, 1.82) is 0 Å². The van der Waals surface area contributed by atoms with Crippen molar-refractivity contribution < 1.29 is 4.79 Å². The monoisotopic (exact) mass is 264 g/mol. The number of hydrogen-bond donors (Lipinski definition) is 2. The first-order chi connectivity index (χ1) is 9.12. The minimum atomic E-state index is -0.000207. The van der Waals surface area contributed by atoms with Gasteiger partial charge in [-0.2, -0.15) is 0 Å². The van der Waals surface area contributed by atoms with E-state index in [2.05, 4.69) is 28.6 Å². The average Bonchev–Trinajstić information content (AvgIpc) is 2.42. The standard InChI is InChI=1S/C14H24N4O/c1-5-16-8-12-7-11(3)14(17-9-12)18(6-2)10-13(19)15-4/h7,9,16H,5-6,8,10H2,1-4H3,(H,15,19). The molecule has 0 bridgehead atoms. The Labute approximate surface area is 115 Å². The summed E-state index contributed by atoms with van der Waals surface area (Å²) in [6.07, 6.45) is 1.87. The molecule has 0 unspecified atom stereocenters. The van der Waals surface area contributed by atoms with E-state index in [1.807, 2.05) is 24.9 Å². The van der Waals surface area contributed by atoms with E-state index in [9.17, 15) is 4.79 Å². The summed E-state index contributed by atoms with van der Waals surface area (Å²) < 4.78 is 0. The van der Waals surface area contributed by atoms with Crippen LogP contribution in [-0.2, 0) is 11.3 Å². The van der Waals surface area contributed by atoms with E-state index in [0.29, 0.717) is 6.54 Å². The predicted molar refractivity (Wildman–Crippen MR) is 78.3 cm³/mol. The highest BCUT2D eigenvalue weighted by atomic mass is 16.1. The quantitative estimate of drug-likeness (QED) is 0.773. The molecule has 106 valence electrons. The lowest BCUT2D eigenvalue weighted by molar-refractivity contribution is -0.119. The first kappa shape index (κ1) is 15.4. The normalized spacial score (nSPS) is 10.3. The van der Waals surface area contributed by atoms with Crippen molar-refractivity contribution in [3.05, 3.63) is 23.4 Å². The predicted octanol–water partition coefficient (Wildman–Crippen LogP) is 1.07. The lowest BCUT2D eigenvalue weighted by atomic mass is 10.2. The molecule has 0 fully saturated rings. The van der Waals surface area contributed by atoms with Crippen LogP contribution in [0.4, 0.5) is 5.82 Å². The number of nitrogens with zero attached hydrogens (tertiary/aromatic N) is 2. The molecule has 1 amide bonds. The Kier molecular flexibility index (Phi) is 6.29. The van der Waals surface area contributed by atoms with Crippen LogP contribution in [0.25, 0.3) is 0 Å². The highest BCUT2D eigenvalue weighted by Gasteiger charge is 2.12. The van der Waals surface area contributed by atoms with Crippen molar-refractivity contribution in [2.45, 2.75) is 27.3 Å². The van der Waals surface area contributed by atoms with Crippen LogP contribution in [0.2, 0.25) is 0 Å². The molecule has 0 aromatic carbocycles. The van der Waals surface area contributed by atoms with E-state index >= 15 is 0 Å². The minimum absolute atomic E-state index is 0.000207. The molecule has 0 saturated carbocycles. The second-order valence-electron chi connectivity index (χ2n) is 4.45. The summed E-state index contributed by atoms with van der Waals surface area (Å²) in [5.41, 5.74) is 2.26. The maximum atomic E-state index is 11.5. The first-order valence-corrected chi connectivity index (χ1v) is 6.74. The molecule has 0 aliphatic rings. The summed E-state index contributed by atoms with van der Waals surface area (Å²) in [5.74, 6) is 0.881. The first-order valence-electron chi connectivity index (χ1n) is 6.74. The van der Waals surface area contributed by atoms with Gasteiger partial charge in [0.15, 0.2) is 0 Å². The Morgan fingerprint density at radius 2 is 2.16 bits per heavy atom. The van der Waals surface area contributed by atoms with Crippen LogP contribution < -0.4 is 15.5 Å². The molecule has 5 heteroatoms. The lowest BCUT2D eigenvalue weighted by Gasteiger charge is -2.23. The van der Waals surface area contributed by atoms with Gasteiger partial charge in [-0.3, -0.25) is 4.79 Å². The molecule has 0 saturated heterocycles. The van der Waals surface area contributed by atoms with E-state index in [1.165, 1.54) is 5.56 Å². The number of amides is 1. The third kappa shape index (κ3) is 4.52. The van der Waals surface area contributed by atoms with Crippen molar-refractivity contribution in [3.8, 4) is 0 Å². The van der Waals surface area contributed by atoms with Crippen LogP contribution in [0.3, 0.4) is 0 Å². The van der Waals surface area contributed by atoms with E-state index in [4.69, 9.17) is 0 Å². The van der Waals surface area contributed by atoms with Gasteiger partial charge in [0, 0.05) is 26.3 Å². The molecule has 0 aliphatic carbocycles. The fourth-order valence-electron chi connectivity index (χ4n) is 1.91. The van der Waals surface area contributed by atoms with Crippen LogP contribution in [-0.4, -0.2) is 37.6 Å². The molecule has 5 nitrogen and oxygen atoms in total. The van der Waals surface area contributed by atoms with E-state index in [1.54, 1.807) is 7.05 Å². The van der Waals surface area contributed by atoms with Gasteiger partial charge >= 0.3 is 0 Å². The number of hydrogen-bond acceptors (Lipinski definition) is 4. The fraction of sp³-hybridized carbons (Fsp3) is 0.571. The molecule has 2 N–H and O–H groups in total. The van der Waals surface area contributed by atoms with Gasteiger partial charge in [0.1, 0.15) is 5.82 Å². The Bertz CT molecular complexity index is 420. The van der Waals surface area contributed by atoms with Crippen LogP contribution in [0, 0.1) is 6.92 Å². The number of aromatic nitrogens is 1. The third-order valence-electron chi connectivity index (χ3n) is 2.98. The smallest absolute Gasteiger partial charge is 0.239 e. The summed E-state index contributed by atoms with van der Waals surface area (Å²) in [6, 6.07) is 2.12. The number of anilines is 1. The summed E-state index contributed by atoms with van der Waals surface area (Å²) in [5, 5.41) is 5.92. The van der Waals surface area contributed by atoms with Crippen molar-refractivity contribution in [2.24, 2.45) is 0 Å². The van der Waals surface area contributed by atoms with Gasteiger partial charge in [-0.1, -0.05) is 6.92 Å². The highest BCUT2D eigenvalue weighted by Crippen LogP contribution is 2.17. The van der Waals surface area contributed by atoms with Crippen LogP contribution in [0.15, 0.2) is 12.3 Å². The Morgan fingerprint density at radius 1 is 1.42 bits per heavy atom. The summed E-state index contributed by atoms with van der Waals surface area (Å²) in [4.78, 5) is 18.0. The molecule has 1 aromatic rings. The second-order valence-corrected chi connectivity index (χ2v) is 4.45. The van der Waals surface area contributed by atoms with Gasteiger partial charge in [0.2, 0.25) is 5.91 Å². The van der Waals surface area contributed by atoms with Gasteiger partial charge in [0.25, 0.3) is 0 Å². The second kappa shape index (κ2) is 7.74. The maximum Gasteiger partial charge on any atom is 0.239 e. The Balaban J connectivity index is 2.83. The third-order valence-corrected chi connectivity index (χ3v) is 2.98. The van der Waals surface area contributed by atoms with E-state index in [-0.39, 0.29) is 5.91 Å². The van der Waals surface area contributed by atoms with Crippen LogP contribution >= 0.6 is 0 Å². The van der Waals surface area contributed by atoms with Crippen molar-refractivity contribution >= 4 is 11.7 Å². The average molecular weight is 264 g/mol. The number of pyridine rings is 1. The zero-order valence-electron chi connectivity index (χ0n) is 12.3. The molecule has 0 atom stereocenters. The van der Waals surface area contributed by atoms with Crippen molar-refractivity contribution in [2.75, 3.05) is 31.6 Å². The molecular weight excluding hydrogens is 240 g/mol. The number of aryl methyl sites for hydroxylation is 1. The maximum absolute atomic E-state index is 11.5. The fourth-order valence-corrected chi connectivity index (χ4v) is 1.91. The van der Waals surface area contributed by atoms with E-state index in [0.717, 1.165) is 31.0 Å². The molecule has 1 rings (SSSR count). The number of carbonyl (C=O) groups is 1. The highest BCUT2D eigenvalue weighted by molar-refractivity contribution is 5.80. The number of rotatable bonds is 7. The number of carbonyl (C=O) groups excluding carboxylic acids is 1. The SMILES string of the molecule is CCNCc1cnc(N(CC)CC(=O)NC)c(C)c1. The Hall–Kier alpha value is -1.62.